The van der Waals surface area contributed by atoms with E-state index in [9.17, 15) is 8.42 Å². The van der Waals surface area contributed by atoms with Crippen LogP contribution in [0.15, 0.2) is 52.5 Å². The molecule has 1 aromatic heterocycles. The van der Waals surface area contributed by atoms with E-state index in [2.05, 4.69) is 11.5 Å². The van der Waals surface area contributed by atoms with Crippen LogP contribution in [0.5, 0.6) is 0 Å². The number of nitrogens with zero attached hydrogens (tertiary/aromatic N) is 3. The molecule has 2 aliphatic rings. The summed E-state index contributed by atoms with van der Waals surface area (Å²) in [7, 11) is -3.51. The van der Waals surface area contributed by atoms with Crippen LogP contribution in [0.1, 0.15) is 57.1 Å². The Labute approximate surface area is 205 Å². The number of fused-ring (bicyclic) bond motifs is 1. The fraction of sp³-hybridized carbons (Fsp3) is 0.480. The lowest BCUT2D eigenvalue weighted by molar-refractivity contribution is 0.281. The molecule has 1 atom stereocenters. The number of imidazole rings is 1. The number of halogens is 1. The number of sulfonamides is 1. The lowest BCUT2D eigenvalue weighted by Gasteiger charge is -2.30. The molecule has 0 spiro atoms. The Morgan fingerprint density at radius 1 is 1.09 bits per heavy atom. The average molecular weight is 504 g/mol. The number of hydrogen-bond donors (Lipinski definition) is 0. The van der Waals surface area contributed by atoms with E-state index < -0.39 is 10.0 Å². The molecule has 8 heteroatoms. The molecular weight excluding hydrogens is 474 g/mol. The predicted molar refractivity (Wildman–Crippen MR) is 135 cm³/mol. The summed E-state index contributed by atoms with van der Waals surface area (Å²) in [5.74, 6) is 1.12. The zero-order chi connectivity index (χ0) is 23.0. The highest BCUT2D eigenvalue weighted by Gasteiger charge is 2.30. The predicted octanol–water partition coefficient (Wildman–Crippen LogP) is 6.52. The van der Waals surface area contributed by atoms with E-state index in [1.807, 2.05) is 30.3 Å². The van der Waals surface area contributed by atoms with Crippen molar-refractivity contribution in [2.24, 2.45) is 5.92 Å². The molecule has 2 heterocycles. The molecule has 2 fully saturated rings. The molecule has 2 aromatic carbocycles. The second kappa shape index (κ2) is 9.61. The Bertz CT molecular complexity index is 1250. The van der Waals surface area contributed by atoms with Crippen molar-refractivity contribution in [2.45, 2.75) is 67.3 Å². The molecule has 5 rings (SSSR count). The van der Waals surface area contributed by atoms with Crippen molar-refractivity contribution in [1.29, 1.82) is 0 Å². The van der Waals surface area contributed by atoms with Crippen LogP contribution < -0.4 is 0 Å². The molecule has 5 nitrogen and oxygen atoms in total. The van der Waals surface area contributed by atoms with Gasteiger partial charge in [-0.3, -0.25) is 0 Å². The van der Waals surface area contributed by atoms with Crippen LogP contribution in [0.4, 0.5) is 0 Å². The standard InChI is InChI=1S/C25H30ClN3O2S2/c1-18-7-6-14-28(16-18)33(30,31)21-12-13-24-23(15-21)27-25(29(24)20-9-3-4-10-20)32-17-19-8-2-5-11-22(19)26/h2,5,8,11-13,15,18,20H,3-4,6-7,9-10,14,16-17H2,1H3. The van der Waals surface area contributed by atoms with Gasteiger partial charge in [0.05, 0.1) is 15.9 Å². The monoisotopic (exact) mass is 503 g/mol. The molecule has 1 saturated heterocycles. The zero-order valence-corrected chi connectivity index (χ0v) is 21.3. The normalized spacial score (nSPS) is 20.6. The SMILES string of the molecule is CC1CCCN(S(=O)(=O)c2ccc3c(c2)nc(SCc2ccccc2Cl)n3C2CCCC2)C1. The molecule has 1 unspecified atom stereocenters. The minimum atomic E-state index is -3.51. The zero-order valence-electron chi connectivity index (χ0n) is 18.9. The number of aromatic nitrogens is 2. The van der Waals surface area contributed by atoms with Gasteiger partial charge >= 0.3 is 0 Å². The van der Waals surface area contributed by atoms with E-state index in [-0.39, 0.29) is 0 Å². The Hall–Kier alpha value is -1.54. The van der Waals surface area contributed by atoms with Gasteiger partial charge in [0.2, 0.25) is 10.0 Å². The first-order valence-electron chi connectivity index (χ1n) is 11.8. The third-order valence-electron chi connectivity index (χ3n) is 6.89. The van der Waals surface area contributed by atoms with Gasteiger partial charge < -0.3 is 4.57 Å². The molecule has 0 N–H and O–H groups in total. The first-order chi connectivity index (χ1) is 15.9. The van der Waals surface area contributed by atoms with Crippen LogP contribution in [0, 0.1) is 5.92 Å². The van der Waals surface area contributed by atoms with Crippen molar-refractivity contribution in [3.63, 3.8) is 0 Å². The quantitative estimate of drug-likeness (QED) is 0.359. The number of piperidine rings is 1. The van der Waals surface area contributed by atoms with E-state index in [1.165, 1.54) is 12.8 Å². The van der Waals surface area contributed by atoms with Crippen LogP contribution in [0.3, 0.4) is 0 Å². The van der Waals surface area contributed by atoms with Gasteiger partial charge in [-0.2, -0.15) is 4.31 Å². The van der Waals surface area contributed by atoms with Gasteiger partial charge in [0, 0.05) is 29.9 Å². The minimum Gasteiger partial charge on any atom is -0.316 e. The van der Waals surface area contributed by atoms with Gasteiger partial charge in [0.1, 0.15) is 0 Å². The van der Waals surface area contributed by atoms with Crippen molar-refractivity contribution in [2.75, 3.05) is 13.1 Å². The van der Waals surface area contributed by atoms with Crippen LogP contribution in [-0.4, -0.2) is 35.4 Å². The number of thioether (sulfide) groups is 1. The summed E-state index contributed by atoms with van der Waals surface area (Å²) in [4.78, 5) is 5.29. The van der Waals surface area contributed by atoms with Gasteiger partial charge in [0.15, 0.2) is 5.16 Å². The summed E-state index contributed by atoms with van der Waals surface area (Å²) in [6.45, 7) is 3.31. The highest BCUT2D eigenvalue weighted by Crippen LogP contribution is 2.38. The third-order valence-corrected chi connectivity index (χ3v) is 10.1. The number of rotatable bonds is 6. The molecule has 0 amide bonds. The highest BCUT2D eigenvalue weighted by molar-refractivity contribution is 7.98. The van der Waals surface area contributed by atoms with Gasteiger partial charge in [-0.1, -0.05) is 61.3 Å². The Morgan fingerprint density at radius 2 is 1.88 bits per heavy atom. The molecule has 1 saturated carbocycles. The molecule has 3 aromatic rings. The summed E-state index contributed by atoms with van der Waals surface area (Å²) in [6.07, 6.45) is 6.72. The summed E-state index contributed by atoms with van der Waals surface area (Å²) >= 11 is 8.06. The second-order valence-corrected chi connectivity index (χ2v) is 12.6. The summed E-state index contributed by atoms with van der Waals surface area (Å²) < 4.78 is 30.7. The van der Waals surface area contributed by atoms with Gasteiger partial charge in [0.25, 0.3) is 0 Å². The fourth-order valence-corrected chi connectivity index (χ4v) is 8.09. The lowest BCUT2D eigenvalue weighted by atomic mass is 10.0. The highest BCUT2D eigenvalue weighted by atomic mass is 35.5. The van der Waals surface area contributed by atoms with E-state index in [4.69, 9.17) is 16.6 Å². The maximum atomic E-state index is 13.3. The van der Waals surface area contributed by atoms with Gasteiger partial charge in [-0.25, -0.2) is 13.4 Å². The summed E-state index contributed by atoms with van der Waals surface area (Å²) in [5, 5.41) is 1.70. The Morgan fingerprint density at radius 3 is 2.64 bits per heavy atom. The van der Waals surface area contributed by atoms with E-state index in [0.29, 0.717) is 29.9 Å². The van der Waals surface area contributed by atoms with Crippen molar-refractivity contribution in [3.8, 4) is 0 Å². The molecule has 0 radical (unpaired) electrons. The average Bonchev–Trinajstić information content (AvgIpc) is 3.45. The van der Waals surface area contributed by atoms with Crippen molar-refractivity contribution in [3.05, 3.63) is 53.1 Å². The minimum absolute atomic E-state index is 0.350. The molecule has 1 aliphatic carbocycles. The number of benzene rings is 2. The third kappa shape index (κ3) is 4.70. The van der Waals surface area contributed by atoms with Crippen LogP contribution in [0.25, 0.3) is 11.0 Å². The van der Waals surface area contributed by atoms with Crippen molar-refractivity contribution in [1.82, 2.24) is 13.9 Å². The fourth-order valence-electron chi connectivity index (χ4n) is 5.11. The number of hydrogen-bond acceptors (Lipinski definition) is 4. The Balaban J connectivity index is 1.50. The molecular formula is C25H30ClN3O2S2. The molecule has 0 bridgehead atoms. The van der Waals surface area contributed by atoms with Crippen LogP contribution in [0.2, 0.25) is 5.02 Å². The maximum Gasteiger partial charge on any atom is 0.243 e. The van der Waals surface area contributed by atoms with Crippen LogP contribution in [-0.2, 0) is 15.8 Å². The summed E-state index contributed by atoms with van der Waals surface area (Å²) in [6, 6.07) is 13.8. The first-order valence-corrected chi connectivity index (χ1v) is 14.6. The first kappa shape index (κ1) is 23.2. The second-order valence-electron chi connectivity index (χ2n) is 9.34. The van der Waals surface area contributed by atoms with E-state index in [1.54, 1.807) is 28.2 Å². The Kier molecular flexibility index (Phi) is 6.76. The summed E-state index contributed by atoms with van der Waals surface area (Å²) in [5.41, 5.74) is 2.86. The van der Waals surface area contributed by atoms with Gasteiger partial charge in [-0.15, -0.1) is 0 Å². The van der Waals surface area contributed by atoms with Gasteiger partial charge in [-0.05, 0) is 61.4 Å². The topological polar surface area (TPSA) is 55.2 Å². The molecule has 176 valence electrons. The largest absolute Gasteiger partial charge is 0.316 e. The maximum absolute atomic E-state index is 13.3. The molecule has 33 heavy (non-hydrogen) atoms. The van der Waals surface area contributed by atoms with Crippen molar-refractivity contribution >= 4 is 44.4 Å². The van der Waals surface area contributed by atoms with E-state index in [0.717, 1.165) is 58.2 Å². The van der Waals surface area contributed by atoms with Crippen molar-refractivity contribution < 1.29 is 8.42 Å². The lowest BCUT2D eigenvalue weighted by Crippen LogP contribution is -2.39. The van der Waals surface area contributed by atoms with Crippen LogP contribution >= 0.6 is 23.4 Å². The van der Waals surface area contributed by atoms with E-state index >= 15 is 0 Å². The molecule has 1 aliphatic heterocycles. The smallest absolute Gasteiger partial charge is 0.243 e.